The van der Waals surface area contributed by atoms with E-state index in [1.54, 1.807) is 24.3 Å². The molecule has 1 aromatic rings. The Balaban J connectivity index is 2.15. The van der Waals surface area contributed by atoms with Gasteiger partial charge in [0.15, 0.2) is 0 Å². The minimum absolute atomic E-state index is 0.271. The molecule has 0 radical (unpaired) electrons. The van der Waals surface area contributed by atoms with Gasteiger partial charge in [0.1, 0.15) is 0 Å². The first kappa shape index (κ1) is 13.0. The summed E-state index contributed by atoms with van der Waals surface area (Å²) >= 11 is 0. The Kier molecular flexibility index (Phi) is 3.14. The SMILES string of the molecule is CS(=O)(=O)NC(=O)c1ccc(C2(N)COC2)cc1. The van der Waals surface area contributed by atoms with Crippen LogP contribution >= 0.6 is 0 Å². The van der Waals surface area contributed by atoms with Gasteiger partial charge < -0.3 is 10.5 Å². The fraction of sp³-hybridized carbons (Fsp3) is 0.364. The predicted octanol–water partition coefficient (Wildman–Crippen LogP) is -0.440. The van der Waals surface area contributed by atoms with Crippen LogP contribution in [0.2, 0.25) is 0 Å². The number of sulfonamides is 1. The van der Waals surface area contributed by atoms with Crippen molar-refractivity contribution in [1.29, 1.82) is 0 Å². The molecule has 6 nitrogen and oxygen atoms in total. The van der Waals surface area contributed by atoms with Crippen molar-refractivity contribution >= 4 is 15.9 Å². The van der Waals surface area contributed by atoms with Crippen molar-refractivity contribution in [2.45, 2.75) is 5.54 Å². The van der Waals surface area contributed by atoms with Crippen LogP contribution in [0.15, 0.2) is 24.3 Å². The Morgan fingerprint density at radius 2 is 1.89 bits per heavy atom. The van der Waals surface area contributed by atoms with Crippen LogP contribution in [0.4, 0.5) is 0 Å². The molecule has 1 saturated heterocycles. The largest absolute Gasteiger partial charge is 0.377 e. The van der Waals surface area contributed by atoms with E-state index < -0.39 is 21.5 Å². The van der Waals surface area contributed by atoms with E-state index in [0.29, 0.717) is 13.2 Å². The van der Waals surface area contributed by atoms with Gasteiger partial charge in [-0.25, -0.2) is 13.1 Å². The van der Waals surface area contributed by atoms with Crippen molar-refractivity contribution in [3.05, 3.63) is 35.4 Å². The van der Waals surface area contributed by atoms with E-state index in [1.807, 2.05) is 4.72 Å². The first-order valence-electron chi connectivity index (χ1n) is 5.29. The van der Waals surface area contributed by atoms with Crippen molar-refractivity contribution in [2.24, 2.45) is 5.73 Å². The summed E-state index contributed by atoms with van der Waals surface area (Å²) in [5.74, 6) is -0.653. The van der Waals surface area contributed by atoms with Crippen molar-refractivity contribution in [3.8, 4) is 0 Å². The molecule has 2 rings (SSSR count). The van der Waals surface area contributed by atoms with Crippen LogP contribution in [0.3, 0.4) is 0 Å². The Morgan fingerprint density at radius 1 is 1.33 bits per heavy atom. The van der Waals surface area contributed by atoms with Gasteiger partial charge in [0.25, 0.3) is 5.91 Å². The summed E-state index contributed by atoms with van der Waals surface area (Å²) in [6.07, 6.45) is 0.930. The maximum atomic E-state index is 11.6. The van der Waals surface area contributed by atoms with Crippen LogP contribution in [0.25, 0.3) is 0 Å². The van der Waals surface area contributed by atoms with Gasteiger partial charge in [-0.1, -0.05) is 12.1 Å². The molecular formula is C11H14N2O4S. The van der Waals surface area contributed by atoms with E-state index in [2.05, 4.69) is 0 Å². The fourth-order valence-corrected chi connectivity index (χ4v) is 2.12. The van der Waals surface area contributed by atoms with E-state index in [9.17, 15) is 13.2 Å². The highest BCUT2D eigenvalue weighted by atomic mass is 32.2. The predicted molar refractivity (Wildman–Crippen MR) is 65.4 cm³/mol. The third-order valence-corrected chi connectivity index (χ3v) is 3.28. The molecular weight excluding hydrogens is 256 g/mol. The molecule has 1 aliphatic rings. The lowest BCUT2D eigenvalue weighted by Gasteiger charge is -2.38. The second-order valence-corrected chi connectivity index (χ2v) is 6.18. The van der Waals surface area contributed by atoms with Crippen LogP contribution in [0.5, 0.6) is 0 Å². The maximum Gasteiger partial charge on any atom is 0.264 e. The van der Waals surface area contributed by atoms with E-state index in [4.69, 9.17) is 10.5 Å². The highest BCUT2D eigenvalue weighted by Crippen LogP contribution is 2.26. The third-order valence-electron chi connectivity index (χ3n) is 2.72. The average Bonchev–Trinajstić information content (AvgIpc) is 2.24. The van der Waals surface area contributed by atoms with Crippen LogP contribution < -0.4 is 10.5 Å². The molecule has 1 amide bonds. The van der Waals surface area contributed by atoms with Gasteiger partial charge in [0.05, 0.1) is 25.0 Å². The number of hydrogen-bond donors (Lipinski definition) is 2. The molecule has 0 aromatic heterocycles. The second-order valence-electron chi connectivity index (χ2n) is 4.43. The Labute approximate surface area is 105 Å². The van der Waals surface area contributed by atoms with Gasteiger partial charge in [-0.05, 0) is 17.7 Å². The third kappa shape index (κ3) is 2.69. The smallest absolute Gasteiger partial charge is 0.264 e. The summed E-state index contributed by atoms with van der Waals surface area (Å²) < 4.78 is 28.8. The van der Waals surface area contributed by atoms with Crippen LogP contribution in [-0.4, -0.2) is 33.8 Å². The van der Waals surface area contributed by atoms with E-state index in [1.165, 1.54) is 0 Å². The Morgan fingerprint density at radius 3 is 2.28 bits per heavy atom. The molecule has 0 aliphatic carbocycles. The van der Waals surface area contributed by atoms with Gasteiger partial charge in [0, 0.05) is 5.56 Å². The van der Waals surface area contributed by atoms with Gasteiger partial charge in [-0.2, -0.15) is 0 Å². The summed E-state index contributed by atoms with van der Waals surface area (Å²) in [5, 5.41) is 0. The lowest BCUT2D eigenvalue weighted by atomic mass is 9.89. The fourth-order valence-electron chi connectivity index (χ4n) is 1.67. The molecule has 98 valence electrons. The van der Waals surface area contributed by atoms with Gasteiger partial charge in [-0.15, -0.1) is 0 Å². The lowest BCUT2D eigenvalue weighted by molar-refractivity contribution is -0.0569. The minimum atomic E-state index is -3.55. The highest BCUT2D eigenvalue weighted by Gasteiger charge is 2.35. The topological polar surface area (TPSA) is 98.5 Å². The van der Waals surface area contributed by atoms with Gasteiger partial charge >= 0.3 is 0 Å². The van der Waals surface area contributed by atoms with Crippen molar-refractivity contribution in [1.82, 2.24) is 4.72 Å². The first-order valence-corrected chi connectivity index (χ1v) is 7.19. The molecule has 0 saturated carbocycles. The van der Waals surface area contributed by atoms with Crippen LogP contribution in [-0.2, 0) is 20.3 Å². The summed E-state index contributed by atoms with van der Waals surface area (Å²) in [5.41, 5.74) is 6.67. The van der Waals surface area contributed by atoms with Crippen LogP contribution in [0.1, 0.15) is 15.9 Å². The zero-order valence-electron chi connectivity index (χ0n) is 9.84. The molecule has 1 heterocycles. The molecule has 0 bridgehead atoms. The standard InChI is InChI=1S/C11H14N2O4S/c1-18(15,16)13-10(14)8-2-4-9(5-3-8)11(12)6-17-7-11/h2-5H,6-7,12H2,1H3,(H,13,14). The number of benzene rings is 1. The molecule has 18 heavy (non-hydrogen) atoms. The molecule has 3 N–H and O–H groups in total. The van der Waals surface area contributed by atoms with E-state index in [-0.39, 0.29) is 5.56 Å². The zero-order chi connectivity index (χ0) is 13.4. The van der Waals surface area contributed by atoms with Gasteiger partial charge in [-0.3, -0.25) is 4.79 Å². The monoisotopic (exact) mass is 270 g/mol. The van der Waals surface area contributed by atoms with E-state index in [0.717, 1.165) is 11.8 Å². The number of hydrogen-bond acceptors (Lipinski definition) is 5. The quantitative estimate of drug-likeness (QED) is 0.776. The molecule has 1 fully saturated rings. The molecule has 0 spiro atoms. The van der Waals surface area contributed by atoms with Gasteiger partial charge in [0.2, 0.25) is 10.0 Å². The van der Waals surface area contributed by atoms with Crippen LogP contribution in [0, 0.1) is 0 Å². The lowest BCUT2D eigenvalue weighted by Crippen LogP contribution is -2.54. The van der Waals surface area contributed by atoms with Crippen molar-refractivity contribution in [3.63, 3.8) is 0 Å². The number of carbonyl (C=O) groups is 1. The van der Waals surface area contributed by atoms with E-state index >= 15 is 0 Å². The number of ether oxygens (including phenoxy) is 1. The molecule has 1 aliphatic heterocycles. The maximum absolute atomic E-state index is 11.6. The number of carbonyl (C=O) groups excluding carboxylic acids is 1. The average molecular weight is 270 g/mol. The minimum Gasteiger partial charge on any atom is -0.377 e. The molecule has 0 unspecified atom stereocenters. The van der Waals surface area contributed by atoms with Crippen molar-refractivity contribution in [2.75, 3.05) is 19.5 Å². The summed E-state index contributed by atoms with van der Waals surface area (Å²) in [4.78, 5) is 11.6. The number of nitrogens with one attached hydrogen (secondary N) is 1. The molecule has 1 aromatic carbocycles. The Hall–Kier alpha value is -1.44. The Bertz CT molecular complexity index is 561. The molecule has 7 heteroatoms. The number of nitrogens with two attached hydrogens (primary N) is 1. The zero-order valence-corrected chi connectivity index (χ0v) is 10.7. The normalized spacial score (nSPS) is 17.9. The number of rotatable bonds is 3. The molecule has 0 atom stereocenters. The summed E-state index contributed by atoms with van der Waals surface area (Å²) in [7, 11) is -3.55. The summed E-state index contributed by atoms with van der Waals surface area (Å²) in [6.45, 7) is 0.893. The number of amides is 1. The first-order chi connectivity index (χ1) is 8.30. The highest BCUT2D eigenvalue weighted by molar-refractivity contribution is 7.89. The van der Waals surface area contributed by atoms with Crippen molar-refractivity contribution < 1.29 is 17.9 Å². The summed E-state index contributed by atoms with van der Waals surface area (Å²) in [6, 6.07) is 6.50. The second kappa shape index (κ2) is 4.34.